The van der Waals surface area contributed by atoms with Crippen molar-refractivity contribution in [3.63, 3.8) is 0 Å². The van der Waals surface area contributed by atoms with Gasteiger partial charge in [-0.05, 0) is 141 Å². The molecule has 9 aromatic rings. The second kappa shape index (κ2) is 30.2. The van der Waals surface area contributed by atoms with Crippen LogP contribution in [0, 0.1) is 34.0 Å². The van der Waals surface area contributed by atoms with Gasteiger partial charge in [0.05, 0.1) is 83.9 Å². The number of methoxy groups -OCH3 is 2. The lowest BCUT2D eigenvalue weighted by Gasteiger charge is -2.40. The summed E-state index contributed by atoms with van der Waals surface area (Å²) in [7, 11) is -8.68. The summed E-state index contributed by atoms with van der Waals surface area (Å²) in [6.45, 7) is 0.367. The highest BCUT2D eigenvalue weighted by Gasteiger charge is 2.45. The molecule has 6 heterocycles. The maximum absolute atomic E-state index is 14.8. The monoisotopic (exact) mass is 1460 g/mol. The Labute approximate surface area is 601 Å². The number of sulfonamides is 3. The molecule has 536 valence electrons. The molecule has 0 aliphatic carbocycles. The second-order valence-corrected chi connectivity index (χ2v) is 31.5. The number of nitrogens with zero attached hydrogens (tertiary/aromatic N) is 12. The Kier molecular flexibility index (Phi) is 21.0. The number of amides is 3. The van der Waals surface area contributed by atoms with Crippen LogP contribution < -0.4 is 41.8 Å². The molecule has 0 saturated carbocycles. The van der Waals surface area contributed by atoms with Gasteiger partial charge in [0.1, 0.15) is 28.2 Å². The van der Waals surface area contributed by atoms with Gasteiger partial charge in [0, 0.05) is 92.4 Å². The number of nitrogens with two attached hydrogens (primary N) is 1. The standard InChI is InChI=1S/C72H74N18O11S3/c1-100-57-24-26-59(27-25-57)103(96,97)86-42-33-71(29-38-74,34-43-86)90-49-63(69(93)81-55-20-16-53(17-21-55)78-65-61(64(76)91)47-88(82-65)70(28-37-73)31-40-85(41-32-70)102(94,95)50-51-10-5-3-6-11-51)67(84-90)79-54-18-22-56(23-19-54)80-68(92)62-48-89(83-66(62)77-52-12-7-4-8-13-52)72(30-39-75)35-44-87(45-36-72)104(98,99)60-15-9-14-58(46-60)101-2/h3-27,46-49H,28-36,40-45,50H2,1-2H3,(H2,76,91)(H,77,83)(H,78,82)(H,79,84)(H,80,92)(H,81,93). The molecule has 3 aromatic heterocycles. The number of carbonyl (C=O) groups excluding carboxylic acids is 3. The molecule has 12 rings (SSSR count). The van der Waals surface area contributed by atoms with Gasteiger partial charge in [-0.15, -0.1) is 0 Å². The van der Waals surface area contributed by atoms with E-state index in [1.807, 2.05) is 24.3 Å². The smallest absolute Gasteiger partial charge is 0.261 e. The first-order chi connectivity index (χ1) is 50.0. The Morgan fingerprint density at radius 2 is 0.827 bits per heavy atom. The molecule has 3 aliphatic rings. The zero-order valence-electron chi connectivity index (χ0n) is 56.7. The van der Waals surface area contributed by atoms with Crippen LogP contribution in [-0.4, -0.2) is 139 Å². The number of piperidine rings is 3. The number of para-hydroxylation sites is 1. The van der Waals surface area contributed by atoms with Crippen molar-refractivity contribution in [2.45, 2.75) is 89.9 Å². The van der Waals surface area contributed by atoms with Gasteiger partial charge in [-0.2, -0.15) is 39.7 Å². The highest BCUT2D eigenvalue weighted by atomic mass is 32.2. The van der Waals surface area contributed by atoms with E-state index >= 15 is 0 Å². The topological polar surface area (TPSA) is 393 Å². The molecule has 32 heteroatoms. The second-order valence-electron chi connectivity index (χ2n) is 25.7. The Morgan fingerprint density at radius 3 is 1.24 bits per heavy atom. The Morgan fingerprint density at radius 1 is 0.452 bits per heavy atom. The molecule has 3 amide bonds. The molecule has 0 atom stereocenters. The Hall–Kier alpha value is -11.4. The molecule has 0 unspecified atom stereocenters. The van der Waals surface area contributed by atoms with Crippen molar-refractivity contribution in [1.29, 1.82) is 15.8 Å². The summed E-state index contributed by atoms with van der Waals surface area (Å²) in [6, 6.07) is 49.9. The molecule has 104 heavy (non-hydrogen) atoms. The lowest BCUT2D eigenvalue weighted by molar-refractivity contribution is 0.0996. The van der Waals surface area contributed by atoms with Gasteiger partial charge in [-0.3, -0.25) is 28.4 Å². The fraction of sp³-hybridized carbons (Fsp3) is 0.292. The summed E-state index contributed by atoms with van der Waals surface area (Å²) >= 11 is 0. The molecule has 0 bridgehead atoms. The molecular weight excluding hydrogens is 1390 g/mol. The number of hydrogen-bond acceptors (Lipinski definition) is 20. The lowest BCUT2D eigenvalue weighted by Crippen LogP contribution is -2.48. The minimum Gasteiger partial charge on any atom is -0.497 e. The van der Waals surface area contributed by atoms with E-state index in [0.29, 0.717) is 45.5 Å². The first kappa shape index (κ1) is 72.4. The third-order valence-electron chi connectivity index (χ3n) is 19.3. The van der Waals surface area contributed by atoms with Gasteiger partial charge in [0.2, 0.25) is 30.1 Å². The molecule has 3 saturated heterocycles. The van der Waals surface area contributed by atoms with E-state index < -0.39 is 64.4 Å². The molecule has 6 aromatic carbocycles. The first-order valence-corrected chi connectivity index (χ1v) is 37.7. The van der Waals surface area contributed by atoms with Gasteiger partial charge in [0.15, 0.2) is 17.5 Å². The van der Waals surface area contributed by atoms with E-state index in [1.54, 1.807) is 120 Å². The number of carbonyl (C=O) groups is 3. The van der Waals surface area contributed by atoms with Crippen LogP contribution in [0.5, 0.6) is 11.5 Å². The Bertz CT molecular complexity index is 5130. The number of benzene rings is 6. The normalized spacial score (nSPS) is 16.1. The SMILES string of the molecule is COc1ccc(S(=O)(=O)N2CCC(CC#N)(n3cc(C(=O)Nc4ccc(Nc5nn(C6(CC#N)CCN(S(=O)(=O)Cc7ccccc7)CC6)cc5C(N)=O)cc4)c(Nc4ccc(NC(=O)c5cn(C6(CC#N)CCN(S(=O)(=O)c7cccc(OC)c7)CC6)nc5Nc5ccccc5)cc4)n3)CC2)cc1. The number of rotatable bonds is 26. The number of ether oxygens (including phenoxy) is 2. The quantitative estimate of drug-likeness (QED) is 0.0294. The molecule has 29 nitrogen and oxygen atoms in total. The van der Waals surface area contributed by atoms with Crippen molar-refractivity contribution >= 4 is 93.7 Å². The Balaban J connectivity index is 0.784. The van der Waals surface area contributed by atoms with Crippen LogP contribution >= 0.6 is 0 Å². The highest BCUT2D eigenvalue weighted by molar-refractivity contribution is 7.89. The summed E-state index contributed by atoms with van der Waals surface area (Å²) in [4.78, 5) is 42.5. The molecule has 3 fully saturated rings. The highest BCUT2D eigenvalue weighted by Crippen LogP contribution is 2.41. The predicted octanol–water partition coefficient (Wildman–Crippen LogP) is 9.55. The number of aromatic nitrogens is 6. The summed E-state index contributed by atoms with van der Waals surface area (Å²) in [5.74, 6) is -0.992. The fourth-order valence-electron chi connectivity index (χ4n) is 13.3. The van der Waals surface area contributed by atoms with Crippen molar-refractivity contribution in [3.8, 4) is 29.7 Å². The van der Waals surface area contributed by atoms with E-state index in [1.165, 1.54) is 73.2 Å². The van der Waals surface area contributed by atoms with Crippen molar-refractivity contribution in [2.75, 3.05) is 80.1 Å². The molecule has 0 spiro atoms. The zero-order valence-corrected chi connectivity index (χ0v) is 59.2. The zero-order chi connectivity index (χ0) is 73.4. The molecule has 0 radical (unpaired) electrons. The van der Waals surface area contributed by atoms with Crippen LogP contribution in [0.1, 0.15) is 94.4 Å². The van der Waals surface area contributed by atoms with Crippen molar-refractivity contribution in [3.05, 3.63) is 199 Å². The fourth-order valence-corrected chi connectivity index (χ4v) is 17.7. The van der Waals surface area contributed by atoms with Crippen LogP contribution in [0.2, 0.25) is 0 Å². The number of nitriles is 3. The summed E-state index contributed by atoms with van der Waals surface area (Å²) in [6.07, 6.45) is 5.50. The third kappa shape index (κ3) is 15.3. The summed E-state index contributed by atoms with van der Waals surface area (Å²) in [5, 5.41) is 60.7. The number of nitrogens with one attached hydrogen (secondary N) is 5. The minimum absolute atomic E-state index is 0.0126. The lowest BCUT2D eigenvalue weighted by atomic mass is 9.86. The van der Waals surface area contributed by atoms with Gasteiger partial charge in [-0.25, -0.2) is 29.6 Å². The van der Waals surface area contributed by atoms with Crippen LogP contribution in [0.25, 0.3) is 0 Å². The van der Waals surface area contributed by atoms with Crippen LogP contribution in [0.4, 0.5) is 45.9 Å². The van der Waals surface area contributed by atoms with Crippen molar-refractivity contribution in [1.82, 2.24) is 42.3 Å². The van der Waals surface area contributed by atoms with Gasteiger partial charge >= 0.3 is 0 Å². The minimum atomic E-state index is -3.98. The average Bonchev–Trinajstić information content (AvgIpc) is 1.51. The van der Waals surface area contributed by atoms with Crippen LogP contribution in [-0.2, 0) is 52.4 Å². The number of hydrogen-bond donors (Lipinski definition) is 6. The molecular formula is C72H74N18O11S3. The summed E-state index contributed by atoms with van der Waals surface area (Å²) in [5.41, 5.74) is 5.80. The number of anilines is 8. The van der Waals surface area contributed by atoms with E-state index in [4.69, 9.17) is 30.5 Å². The van der Waals surface area contributed by atoms with E-state index in [9.17, 15) is 55.4 Å². The third-order valence-corrected chi connectivity index (χ3v) is 25.0. The van der Waals surface area contributed by atoms with E-state index in [2.05, 4.69) is 44.8 Å². The average molecular weight is 1460 g/mol. The number of primary amides is 1. The van der Waals surface area contributed by atoms with E-state index in [0.717, 1.165) is 0 Å². The van der Waals surface area contributed by atoms with Crippen molar-refractivity contribution < 1.29 is 49.1 Å². The molecule has 3 aliphatic heterocycles. The van der Waals surface area contributed by atoms with Crippen molar-refractivity contribution in [2.24, 2.45) is 5.73 Å². The van der Waals surface area contributed by atoms with Gasteiger partial charge < -0.3 is 41.8 Å². The summed E-state index contributed by atoms with van der Waals surface area (Å²) < 4.78 is 102. The maximum atomic E-state index is 14.8. The maximum Gasteiger partial charge on any atom is 0.261 e. The molecule has 7 N–H and O–H groups in total. The van der Waals surface area contributed by atoms with Crippen LogP contribution in [0.15, 0.2) is 186 Å². The van der Waals surface area contributed by atoms with Gasteiger partial charge in [-0.1, -0.05) is 54.6 Å². The first-order valence-electron chi connectivity index (χ1n) is 33.2. The predicted molar refractivity (Wildman–Crippen MR) is 387 cm³/mol. The van der Waals surface area contributed by atoms with E-state index in [-0.39, 0.29) is 147 Å². The van der Waals surface area contributed by atoms with Crippen LogP contribution in [0.3, 0.4) is 0 Å². The largest absolute Gasteiger partial charge is 0.497 e. The van der Waals surface area contributed by atoms with Gasteiger partial charge in [0.25, 0.3) is 17.7 Å².